The highest BCUT2D eigenvalue weighted by Crippen LogP contribution is 2.16. The Hall–Kier alpha value is -0.610. The van der Waals surface area contributed by atoms with Gasteiger partial charge in [0.05, 0.1) is 6.54 Å². The SMILES string of the molecule is CCc1ccsc1CNC(=S)NC(C)C. The summed E-state index contributed by atoms with van der Waals surface area (Å²) in [6.07, 6.45) is 1.09. The van der Waals surface area contributed by atoms with E-state index in [9.17, 15) is 0 Å². The Kier molecular flexibility index (Phi) is 5.05. The first kappa shape index (κ1) is 12.5. The van der Waals surface area contributed by atoms with Gasteiger partial charge in [0.2, 0.25) is 0 Å². The van der Waals surface area contributed by atoms with E-state index in [4.69, 9.17) is 12.2 Å². The number of thiocarbonyl (C=S) groups is 1. The molecule has 2 N–H and O–H groups in total. The molecule has 0 saturated heterocycles. The molecule has 84 valence electrons. The summed E-state index contributed by atoms with van der Waals surface area (Å²) in [6, 6.07) is 2.57. The van der Waals surface area contributed by atoms with Gasteiger partial charge in [-0.2, -0.15) is 0 Å². The molecule has 1 heterocycles. The van der Waals surface area contributed by atoms with Gasteiger partial charge in [-0.25, -0.2) is 0 Å². The van der Waals surface area contributed by atoms with Crippen molar-refractivity contribution in [1.29, 1.82) is 0 Å². The highest BCUT2D eigenvalue weighted by Gasteiger charge is 2.03. The Morgan fingerprint density at radius 1 is 1.53 bits per heavy atom. The summed E-state index contributed by atoms with van der Waals surface area (Å²) < 4.78 is 0. The van der Waals surface area contributed by atoms with E-state index in [1.54, 1.807) is 11.3 Å². The summed E-state index contributed by atoms with van der Waals surface area (Å²) in [7, 11) is 0. The average molecular weight is 242 g/mol. The molecule has 0 fully saturated rings. The first-order valence-electron chi connectivity index (χ1n) is 5.23. The first-order chi connectivity index (χ1) is 7.13. The van der Waals surface area contributed by atoms with Crippen molar-refractivity contribution in [2.24, 2.45) is 0 Å². The number of thiophene rings is 1. The molecule has 0 amide bonds. The molecule has 1 aromatic rings. The minimum atomic E-state index is 0.388. The lowest BCUT2D eigenvalue weighted by Crippen LogP contribution is -2.38. The highest BCUT2D eigenvalue weighted by atomic mass is 32.1. The smallest absolute Gasteiger partial charge is 0.166 e. The summed E-state index contributed by atoms with van der Waals surface area (Å²) in [5, 5.41) is 9.26. The van der Waals surface area contributed by atoms with Crippen LogP contribution in [0.3, 0.4) is 0 Å². The summed E-state index contributed by atoms with van der Waals surface area (Å²) in [5.41, 5.74) is 1.42. The molecule has 1 aromatic heterocycles. The van der Waals surface area contributed by atoms with Crippen LogP contribution in [0.15, 0.2) is 11.4 Å². The van der Waals surface area contributed by atoms with E-state index in [1.165, 1.54) is 10.4 Å². The molecule has 0 aliphatic rings. The Morgan fingerprint density at radius 3 is 2.87 bits per heavy atom. The second-order valence-corrected chi connectivity index (χ2v) is 5.11. The second-order valence-electron chi connectivity index (χ2n) is 3.70. The Morgan fingerprint density at radius 2 is 2.27 bits per heavy atom. The normalized spacial score (nSPS) is 10.4. The minimum Gasteiger partial charge on any atom is -0.361 e. The third-order valence-electron chi connectivity index (χ3n) is 2.05. The fraction of sp³-hybridized carbons (Fsp3) is 0.545. The van der Waals surface area contributed by atoms with Crippen LogP contribution in [-0.2, 0) is 13.0 Å². The van der Waals surface area contributed by atoms with E-state index in [2.05, 4.69) is 42.9 Å². The fourth-order valence-electron chi connectivity index (χ4n) is 1.31. The zero-order valence-corrected chi connectivity index (χ0v) is 11.1. The number of aryl methyl sites for hydroxylation is 1. The largest absolute Gasteiger partial charge is 0.361 e. The molecule has 0 saturated carbocycles. The van der Waals surface area contributed by atoms with Crippen LogP contribution < -0.4 is 10.6 Å². The molecule has 0 bridgehead atoms. The van der Waals surface area contributed by atoms with Gasteiger partial charge in [0.25, 0.3) is 0 Å². The van der Waals surface area contributed by atoms with E-state index in [-0.39, 0.29) is 0 Å². The molecule has 0 aliphatic carbocycles. The fourth-order valence-corrected chi connectivity index (χ4v) is 2.53. The predicted octanol–water partition coefficient (Wildman–Crippen LogP) is 2.68. The van der Waals surface area contributed by atoms with Crippen LogP contribution in [0.1, 0.15) is 31.2 Å². The van der Waals surface area contributed by atoms with Gasteiger partial charge < -0.3 is 10.6 Å². The van der Waals surface area contributed by atoms with E-state index >= 15 is 0 Å². The van der Waals surface area contributed by atoms with Crippen molar-refractivity contribution in [3.8, 4) is 0 Å². The van der Waals surface area contributed by atoms with Crippen LogP contribution in [0, 0.1) is 0 Å². The standard InChI is InChI=1S/C11H18N2S2/c1-4-9-5-6-15-10(9)7-12-11(14)13-8(2)3/h5-6,8H,4,7H2,1-3H3,(H2,12,13,14). The average Bonchev–Trinajstić information content (AvgIpc) is 2.60. The molecule has 0 spiro atoms. The third-order valence-corrected chi connectivity index (χ3v) is 3.27. The van der Waals surface area contributed by atoms with Crippen LogP contribution in [0.5, 0.6) is 0 Å². The van der Waals surface area contributed by atoms with Crippen molar-refractivity contribution in [3.05, 3.63) is 21.9 Å². The quantitative estimate of drug-likeness (QED) is 0.794. The molecule has 0 aromatic carbocycles. The maximum absolute atomic E-state index is 5.17. The van der Waals surface area contributed by atoms with Crippen molar-refractivity contribution in [3.63, 3.8) is 0 Å². The molecule has 1 rings (SSSR count). The van der Waals surface area contributed by atoms with Crippen LogP contribution >= 0.6 is 23.6 Å². The van der Waals surface area contributed by atoms with Gasteiger partial charge in [-0.05, 0) is 49.5 Å². The van der Waals surface area contributed by atoms with Gasteiger partial charge in [0, 0.05) is 10.9 Å². The van der Waals surface area contributed by atoms with Crippen LogP contribution in [0.2, 0.25) is 0 Å². The van der Waals surface area contributed by atoms with Crippen molar-refractivity contribution < 1.29 is 0 Å². The summed E-state index contributed by atoms with van der Waals surface area (Å²) in [5.74, 6) is 0. The zero-order chi connectivity index (χ0) is 11.3. The summed E-state index contributed by atoms with van der Waals surface area (Å²) >= 11 is 6.95. The highest BCUT2D eigenvalue weighted by molar-refractivity contribution is 7.80. The molecular formula is C11H18N2S2. The maximum atomic E-state index is 5.17. The number of hydrogen-bond acceptors (Lipinski definition) is 2. The van der Waals surface area contributed by atoms with E-state index in [1.807, 2.05) is 0 Å². The second kappa shape index (κ2) is 6.08. The number of nitrogens with one attached hydrogen (secondary N) is 2. The molecule has 15 heavy (non-hydrogen) atoms. The number of hydrogen-bond donors (Lipinski definition) is 2. The van der Waals surface area contributed by atoms with E-state index in [0.29, 0.717) is 6.04 Å². The van der Waals surface area contributed by atoms with Gasteiger partial charge in [-0.1, -0.05) is 6.92 Å². The molecule has 4 heteroatoms. The van der Waals surface area contributed by atoms with Crippen LogP contribution in [0.25, 0.3) is 0 Å². The Balaban J connectivity index is 2.40. The lowest BCUT2D eigenvalue weighted by molar-refractivity contribution is 0.713. The van der Waals surface area contributed by atoms with Gasteiger partial charge in [-0.15, -0.1) is 11.3 Å². The van der Waals surface area contributed by atoms with Crippen molar-refractivity contribution in [1.82, 2.24) is 10.6 Å². The molecule has 0 atom stereocenters. The zero-order valence-electron chi connectivity index (χ0n) is 9.46. The first-order valence-corrected chi connectivity index (χ1v) is 6.52. The number of rotatable bonds is 4. The molecule has 2 nitrogen and oxygen atoms in total. The van der Waals surface area contributed by atoms with E-state index < -0.39 is 0 Å². The molecular weight excluding hydrogens is 224 g/mol. The summed E-state index contributed by atoms with van der Waals surface area (Å²) in [6.45, 7) is 7.17. The topological polar surface area (TPSA) is 24.1 Å². The lowest BCUT2D eigenvalue weighted by atomic mass is 10.2. The van der Waals surface area contributed by atoms with Crippen molar-refractivity contribution in [2.75, 3.05) is 0 Å². The van der Waals surface area contributed by atoms with Gasteiger partial charge in [0.15, 0.2) is 5.11 Å². The van der Waals surface area contributed by atoms with Crippen molar-refractivity contribution >= 4 is 28.7 Å². The predicted molar refractivity (Wildman–Crippen MR) is 71.4 cm³/mol. The van der Waals surface area contributed by atoms with Gasteiger partial charge >= 0.3 is 0 Å². The monoisotopic (exact) mass is 242 g/mol. The lowest BCUT2D eigenvalue weighted by Gasteiger charge is -2.12. The van der Waals surface area contributed by atoms with Crippen LogP contribution in [-0.4, -0.2) is 11.2 Å². The molecule has 0 radical (unpaired) electrons. The maximum Gasteiger partial charge on any atom is 0.166 e. The van der Waals surface area contributed by atoms with E-state index in [0.717, 1.165) is 18.1 Å². The third kappa shape index (κ3) is 4.18. The van der Waals surface area contributed by atoms with Crippen molar-refractivity contribution in [2.45, 2.75) is 39.8 Å². The minimum absolute atomic E-state index is 0.388. The van der Waals surface area contributed by atoms with Gasteiger partial charge in [0.1, 0.15) is 0 Å². The molecule has 0 aliphatic heterocycles. The van der Waals surface area contributed by atoms with Crippen LogP contribution in [0.4, 0.5) is 0 Å². The van der Waals surface area contributed by atoms with Gasteiger partial charge in [-0.3, -0.25) is 0 Å². The Labute approximate surface area is 101 Å². The Bertz CT molecular complexity index is 318. The summed E-state index contributed by atoms with van der Waals surface area (Å²) in [4.78, 5) is 1.38. The molecule has 0 unspecified atom stereocenters.